The van der Waals surface area contributed by atoms with Gasteiger partial charge in [-0.1, -0.05) is 26.0 Å². The molecule has 3 nitrogen and oxygen atoms in total. The molecule has 1 N–H and O–H groups in total. The van der Waals surface area contributed by atoms with Gasteiger partial charge >= 0.3 is 0 Å². The highest BCUT2D eigenvalue weighted by molar-refractivity contribution is 5.28. The number of ether oxygens (including phenoxy) is 2. The van der Waals surface area contributed by atoms with Gasteiger partial charge in [0.25, 0.3) is 0 Å². The van der Waals surface area contributed by atoms with Crippen molar-refractivity contribution in [3.63, 3.8) is 0 Å². The molecule has 19 heavy (non-hydrogen) atoms. The predicted molar refractivity (Wildman–Crippen MR) is 77.5 cm³/mol. The summed E-state index contributed by atoms with van der Waals surface area (Å²) in [6, 6.07) is 8.31. The molecule has 0 aliphatic carbocycles. The molecule has 1 aliphatic heterocycles. The summed E-state index contributed by atoms with van der Waals surface area (Å²) in [7, 11) is 0. The summed E-state index contributed by atoms with van der Waals surface area (Å²) in [5.74, 6) is 1.62. The number of nitrogens with one attached hydrogen (secondary N) is 1. The van der Waals surface area contributed by atoms with Crippen LogP contribution in [0.2, 0.25) is 0 Å². The van der Waals surface area contributed by atoms with Crippen molar-refractivity contribution in [1.82, 2.24) is 5.32 Å². The molecule has 3 heteroatoms. The minimum absolute atomic E-state index is 0.280. The van der Waals surface area contributed by atoms with Crippen LogP contribution in [0.25, 0.3) is 0 Å². The quantitative estimate of drug-likeness (QED) is 0.820. The number of benzene rings is 1. The summed E-state index contributed by atoms with van der Waals surface area (Å²) in [6.45, 7) is 7.93. The number of hydrogen-bond acceptors (Lipinski definition) is 3. The normalized spacial score (nSPS) is 19.0. The number of rotatable bonds is 7. The van der Waals surface area contributed by atoms with E-state index in [-0.39, 0.29) is 6.10 Å². The molecule has 1 unspecified atom stereocenters. The van der Waals surface area contributed by atoms with Crippen LogP contribution in [0, 0.1) is 5.92 Å². The van der Waals surface area contributed by atoms with Crippen LogP contribution in [0.3, 0.4) is 0 Å². The highest BCUT2D eigenvalue weighted by atomic mass is 16.5. The van der Waals surface area contributed by atoms with E-state index >= 15 is 0 Å². The first-order valence-electron chi connectivity index (χ1n) is 7.28. The van der Waals surface area contributed by atoms with E-state index in [2.05, 4.69) is 37.4 Å². The first-order chi connectivity index (χ1) is 9.24. The molecule has 1 aromatic carbocycles. The molecule has 1 atom stereocenters. The Morgan fingerprint density at radius 3 is 3.05 bits per heavy atom. The molecule has 0 spiro atoms. The maximum Gasteiger partial charge on any atom is 0.119 e. The Balaban J connectivity index is 1.77. The Kier molecular flexibility index (Phi) is 5.67. The molecule has 0 aromatic heterocycles. The van der Waals surface area contributed by atoms with E-state index in [0.717, 1.165) is 38.3 Å². The van der Waals surface area contributed by atoms with E-state index in [0.29, 0.717) is 12.5 Å². The Bertz CT molecular complexity index is 373. The Hall–Kier alpha value is -1.06. The van der Waals surface area contributed by atoms with Gasteiger partial charge in [-0.15, -0.1) is 0 Å². The lowest BCUT2D eigenvalue weighted by Gasteiger charge is -2.13. The molecular formula is C16H25NO2. The van der Waals surface area contributed by atoms with Crippen molar-refractivity contribution in [3.05, 3.63) is 29.8 Å². The van der Waals surface area contributed by atoms with Crippen LogP contribution in [-0.2, 0) is 11.3 Å². The second kappa shape index (κ2) is 7.51. The van der Waals surface area contributed by atoms with Crippen molar-refractivity contribution < 1.29 is 9.47 Å². The van der Waals surface area contributed by atoms with Gasteiger partial charge in [0.1, 0.15) is 12.4 Å². The molecule has 1 aromatic rings. The maximum absolute atomic E-state index is 5.81. The minimum Gasteiger partial charge on any atom is -0.491 e. The van der Waals surface area contributed by atoms with Crippen molar-refractivity contribution in [2.45, 2.75) is 39.3 Å². The second-order valence-corrected chi connectivity index (χ2v) is 5.62. The molecule has 1 fully saturated rings. The summed E-state index contributed by atoms with van der Waals surface area (Å²) < 4.78 is 11.4. The summed E-state index contributed by atoms with van der Waals surface area (Å²) in [6.07, 6.45) is 2.56. The summed E-state index contributed by atoms with van der Waals surface area (Å²) in [5.41, 5.74) is 1.27. The standard InChI is InChI=1S/C16H25NO2/c1-13(2)10-17-11-14-5-3-6-15(9-14)19-12-16-7-4-8-18-16/h3,5-6,9,13,16-17H,4,7-8,10-12H2,1-2H3. The third kappa shape index (κ3) is 5.21. The van der Waals surface area contributed by atoms with E-state index in [1.54, 1.807) is 0 Å². The van der Waals surface area contributed by atoms with Crippen LogP contribution < -0.4 is 10.1 Å². The topological polar surface area (TPSA) is 30.5 Å². The third-order valence-corrected chi connectivity index (χ3v) is 3.24. The average molecular weight is 263 g/mol. The zero-order chi connectivity index (χ0) is 13.5. The van der Waals surface area contributed by atoms with Gasteiger partial charge in [-0.05, 0) is 43.0 Å². The van der Waals surface area contributed by atoms with Crippen LogP contribution in [0.15, 0.2) is 24.3 Å². The van der Waals surface area contributed by atoms with Gasteiger partial charge in [-0.3, -0.25) is 0 Å². The first kappa shape index (κ1) is 14.4. The largest absolute Gasteiger partial charge is 0.491 e. The van der Waals surface area contributed by atoms with E-state index in [9.17, 15) is 0 Å². The van der Waals surface area contributed by atoms with E-state index in [1.807, 2.05) is 6.07 Å². The lowest BCUT2D eigenvalue weighted by molar-refractivity contribution is 0.0679. The van der Waals surface area contributed by atoms with Crippen molar-refractivity contribution >= 4 is 0 Å². The molecule has 0 amide bonds. The first-order valence-corrected chi connectivity index (χ1v) is 7.28. The summed E-state index contributed by atoms with van der Waals surface area (Å²) >= 11 is 0. The Morgan fingerprint density at radius 1 is 1.42 bits per heavy atom. The molecule has 2 rings (SSSR count). The molecule has 0 saturated carbocycles. The fraction of sp³-hybridized carbons (Fsp3) is 0.625. The van der Waals surface area contributed by atoms with E-state index < -0.39 is 0 Å². The van der Waals surface area contributed by atoms with Gasteiger partial charge in [0.2, 0.25) is 0 Å². The van der Waals surface area contributed by atoms with Gasteiger partial charge in [0, 0.05) is 13.2 Å². The van der Waals surface area contributed by atoms with E-state index in [4.69, 9.17) is 9.47 Å². The van der Waals surface area contributed by atoms with Crippen LogP contribution in [0.5, 0.6) is 5.75 Å². The van der Waals surface area contributed by atoms with Gasteiger partial charge in [0.05, 0.1) is 6.10 Å². The lowest BCUT2D eigenvalue weighted by Crippen LogP contribution is -2.19. The zero-order valence-electron chi connectivity index (χ0n) is 12.0. The van der Waals surface area contributed by atoms with Crippen molar-refractivity contribution in [3.8, 4) is 5.75 Å². The summed E-state index contributed by atoms with van der Waals surface area (Å²) in [5, 5.41) is 3.45. The van der Waals surface area contributed by atoms with Crippen molar-refractivity contribution in [1.29, 1.82) is 0 Å². The monoisotopic (exact) mass is 263 g/mol. The van der Waals surface area contributed by atoms with Gasteiger partial charge in [-0.25, -0.2) is 0 Å². The lowest BCUT2D eigenvalue weighted by atomic mass is 10.2. The SMILES string of the molecule is CC(C)CNCc1cccc(OCC2CCCO2)c1. The predicted octanol–water partition coefficient (Wildman–Crippen LogP) is 2.99. The smallest absolute Gasteiger partial charge is 0.119 e. The van der Waals surface area contributed by atoms with Crippen molar-refractivity contribution in [2.75, 3.05) is 19.8 Å². The molecule has 1 aliphatic rings. The van der Waals surface area contributed by atoms with Crippen LogP contribution in [0.1, 0.15) is 32.3 Å². The molecular weight excluding hydrogens is 238 g/mol. The molecule has 1 heterocycles. The second-order valence-electron chi connectivity index (χ2n) is 5.62. The minimum atomic E-state index is 0.280. The molecule has 0 radical (unpaired) electrons. The molecule has 1 saturated heterocycles. The van der Waals surface area contributed by atoms with Crippen molar-refractivity contribution in [2.24, 2.45) is 5.92 Å². The highest BCUT2D eigenvalue weighted by Gasteiger charge is 2.15. The van der Waals surface area contributed by atoms with Gasteiger partial charge in [-0.2, -0.15) is 0 Å². The summed E-state index contributed by atoms with van der Waals surface area (Å²) in [4.78, 5) is 0. The third-order valence-electron chi connectivity index (χ3n) is 3.24. The van der Waals surface area contributed by atoms with Gasteiger partial charge < -0.3 is 14.8 Å². The molecule has 0 bridgehead atoms. The van der Waals surface area contributed by atoms with Crippen LogP contribution in [-0.4, -0.2) is 25.9 Å². The Morgan fingerprint density at radius 2 is 2.32 bits per heavy atom. The zero-order valence-corrected chi connectivity index (χ0v) is 12.0. The highest BCUT2D eigenvalue weighted by Crippen LogP contribution is 2.17. The van der Waals surface area contributed by atoms with Crippen LogP contribution in [0.4, 0.5) is 0 Å². The maximum atomic E-state index is 5.81. The molecule has 106 valence electrons. The Labute approximate surface area is 116 Å². The fourth-order valence-corrected chi connectivity index (χ4v) is 2.22. The fourth-order valence-electron chi connectivity index (χ4n) is 2.22. The number of hydrogen-bond donors (Lipinski definition) is 1. The van der Waals surface area contributed by atoms with E-state index in [1.165, 1.54) is 5.56 Å². The van der Waals surface area contributed by atoms with Crippen LogP contribution >= 0.6 is 0 Å². The van der Waals surface area contributed by atoms with Gasteiger partial charge in [0.15, 0.2) is 0 Å². The average Bonchev–Trinajstić information content (AvgIpc) is 2.89.